The summed E-state index contributed by atoms with van der Waals surface area (Å²) in [5, 5.41) is 12.6. The Morgan fingerprint density at radius 2 is 2.00 bits per heavy atom. The maximum atomic E-state index is 13.1. The highest BCUT2D eigenvalue weighted by atomic mass is 32.2. The second-order valence-electron chi connectivity index (χ2n) is 5.59. The smallest absolute Gasteiger partial charge is 0.266 e. The fraction of sp³-hybridized carbons (Fsp3) is 0.100. The Hall–Kier alpha value is -3.37. The number of benzene rings is 2. The molecule has 2 aromatic carbocycles. The zero-order chi connectivity index (χ0) is 19.2. The molecule has 0 aliphatic carbocycles. The fourth-order valence-corrected chi connectivity index (χ4v) is 3.33. The highest BCUT2D eigenvalue weighted by Crippen LogP contribution is 2.21. The predicted octanol–water partition coefficient (Wildman–Crippen LogP) is 2.65. The SMILES string of the molecule is C=CCNC(=O)CSc1nc2ccccc2c(=O)n1-c1ccc(C#N)cc1. The Labute approximate surface area is 160 Å². The van der Waals surface area contributed by atoms with E-state index in [0.717, 1.165) is 0 Å². The van der Waals surface area contributed by atoms with Gasteiger partial charge in [0.2, 0.25) is 5.91 Å². The monoisotopic (exact) mass is 376 g/mol. The molecule has 0 atom stereocenters. The molecule has 3 aromatic rings. The number of carbonyl (C=O) groups is 1. The lowest BCUT2D eigenvalue weighted by molar-refractivity contribution is -0.118. The number of thioether (sulfide) groups is 1. The molecule has 6 nitrogen and oxygen atoms in total. The van der Waals surface area contributed by atoms with E-state index in [1.807, 2.05) is 6.07 Å². The number of nitrogens with zero attached hydrogens (tertiary/aromatic N) is 3. The van der Waals surface area contributed by atoms with Gasteiger partial charge in [-0.25, -0.2) is 4.98 Å². The molecule has 27 heavy (non-hydrogen) atoms. The van der Waals surface area contributed by atoms with Crippen molar-refractivity contribution in [1.29, 1.82) is 5.26 Å². The standard InChI is InChI=1S/C20H16N4O2S/c1-2-11-22-18(25)13-27-20-23-17-6-4-3-5-16(17)19(26)24(20)15-9-7-14(12-21)8-10-15/h2-10H,1,11,13H2,(H,22,25). The van der Waals surface area contributed by atoms with Crippen LogP contribution in [0, 0.1) is 11.3 Å². The molecule has 1 aromatic heterocycles. The molecule has 0 unspecified atom stereocenters. The maximum Gasteiger partial charge on any atom is 0.266 e. The predicted molar refractivity (Wildman–Crippen MR) is 106 cm³/mol. The van der Waals surface area contributed by atoms with E-state index in [2.05, 4.69) is 22.9 Å². The van der Waals surface area contributed by atoms with E-state index < -0.39 is 0 Å². The third-order valence-corrected chi connectivity index (χ3v) is 4.71. The van der Waals surface area contributed by atoms with E-state index in [1.54, 1.807) is 48.5 Å². The molecule has 0 aliphatic rings. The molecule has 0 spiro atoms. The summed E-state index contributed by atoms with van der Waals surface area (Å²) in [5.74, 6) is -0.0526. The van der Waals surface area contributed by atoms with Gasteiger partial charge in [0.25, 0.3) is 5.56 Å². The minimum atomic E-state index is -0.223. The number of rotatable bonds is 6. The van der Waals surface area contributed by atoms with Gasteiger partial charge in [-0.15, -0.1) is 6.58 Å². The van der Waals surface area contributed by atoms with Gasteiger partial charge >= 0.3 is 0 Å². The van der Waals surface area contributed by atoms with Gasteiger partial charge in [-0.2, -0.15) is 5.26 Å². The third kappa shape index (κ3) is 4.07. The molecular weight excluding hydrogens is 360 g/mol. The molecule has 3 rings (SSSR count). The van der Waals surface area contributed by atoms with Gasteiger partial charge < -0.3 is 5.32 Å². The lowest BCUT2D eigenvalue weighted by atomic mass is 10.2. The van der Waals surface area contributed by atoms with Crippen molar-refractivity contribution in [3.05, 3.63) is 77.1 Å². The number of hydrogen-bond donors (Lipinski definition) is 1. The van der Waals surface area contributed by atoms with E-state index >= 15 is 0 Å². The summed E-state index contributed by atoms with van der Waals surface area (Å²) in [7, 11) is 0. The number of carbonyl (C=O) groups excluding carboxylic acids is 1. The average Bonchev–Trinajstić information content (AvgIpc) is 2.71. The summed E-state index contributed by atoms with van der Waals surface area (Å²) in [6.45, 7) is 3.94. The largest absolute Gasteiger partial charge is 0.352 e. The first-order valence-corrected chi connectivity index (χ1v) is 9.15. The van der Waals surface area contributed by atoms with Crippen molar-refractivity contribution in [3.63, 3.8) is 0 Å². The second kappa shape index (κ2) is 8.34. The first kappa shape index (κ1) is 18.4. The number of fused-ring (bicyclic) bond motifs is 1. The molecule has 0 radical (unpaired) electrons. The number of para-hydroxylation sites is 1. The fourth-order valence-electron chi connectivity index (χ4n) is 2.49. The van der Waals surface area contributed by atoms with Crippen molar-refractivity contribution in [3.8, 4) is 11.8 Å². The van der Waals surface area contributed by atoms with Crippen LogP contribution >= 0.6 is 11.8 Å². The van der Waals surface area contributed by atoms with Crippen LogP contribution in [0.25, 0.3) is 16.6 Å². The summed E-state index contributed by atoms with van der Waals surface area (Å²) in [6.07, 6.45) is 1.60. The molecule has 0 fully saturated rings. The van der Waals surface area contributed by atoms with Crippen molar-refractivity contribution in [2.75, 3.05) is 12.3 Å². The van der Waals surface area contributed by atoms with Crippen molar-refractivity contribution in [2.45, 2.75) is 5.16 Å². The van der Waals surface area contributed by atoms with Crippen molar-refractivity contribution >= 4 is 28.6 Å². The van der Waals surface area contributed by atoms with Gasteiger partial charge in [-0.1, -0.05) is 30.0 Å². The second-order valence-corrected chi connectivity index (χ2v) is 6.53. The van der Waals surface area contributed by atoms with Crippen molar-refractivity contribution in [2.24, 2.45) is 0 Å². The van der Waals surface area contributed by atoms with Crippen LogP contribution in [0.2, 0.25) is 0 Å². The number of amides is 1. The first-order valence-electron chi connectivity index (χ1n) is 8.17. The first-order chi connectivity index (χ1) is 13.1. The quantitative estimate of drug-likeness (QED) is 0.406. The van der Waals surface area contributed by atoms with Crippen LogP contribution in [-0.4, -0.2) is 27.8 Å². The van der Waals surface area contributed by atoms with Gasteiger partial charge in [0.1, 0.15) is 0 Å². The summed E-state index contributed by atoms with van der Waals surface area (Å²) in [6, 6.07) is 15.8. The highest BCUT2D eigenvalue weighted by Gasteiger charge is 2.14. The molecule has 1 N–H and O–H groups in total. The Kier molecular flexibility index (Phi) is 5.69. The Balaban J connectivity index is 2.06. The van der Waals surface area contributed by atoms with Crippen LogP contribution < -0.4 is 10.9 Å². The summed E-state index contributed by atoms with van der Waals surface area (Å²) < 4.78 is 1.47. The third-order valence-electron chi connectivity index (χ3n) is 3.78. The van der Waals surface area contributed by atoms with Crippen LogP contribution in [0.1, 0.15) is 5.56 Å². The van der Waals surface area contributed by atoms with Gasteiger partial charge in [0.15, 0.2) is 5.16 Å². The van der Waals surface area contributed by atoms with E-state index in [-0.39, 0.29) is 17.2 Å². The van der Waals surface area contributed by atoms with Crippen molar-refractivity contribution < 1.29 is 4.79 Å². The summed E-state index contributed by atoms with van der Waals surface area (Å²) >= 11 is 1.18. The molecule has 7 heteroatoms. The van der Waals surface area contributed by atoms with Crippen LogP contribution in [0.15, 0.2) is 71.1 Å². The van der Waals surface area contributed by atoms with E-state index in [4.69, 9.17) is 5.26 Å². The van der Waals surface area contributed by atoms with Crippen LogP contribution in [0.3, 0.4) is 0 Å². The molecule has 0 saturated heterocycles. The zero-order valence-electron chi connectivity index (χ0n) is 14.4. The Bertz CT molecular complexity index is 1100. The molecule has 0 saturated carbocycles. The number of aromatic nitrogens is 2. The molecule has 1 amide bonds. The van der Waals surface area contributed by atoms with E-state index in [1.165, 1.54) is 16.3 Å². The van der Waals surface area contributed by atoms with E-state index in [0.29, 0.717) is 33.9 Å². The molecular formula is C20H16N4O2S. The zero-order valence-corrected chi connectivity index (χ0v) is 15.2. The Morgan fingerprint density at radius 1 is 1.26 bits per heavy atom. The molecule has 134 valence electrons. The van der Waals surface area contributed by atoms with E-state index in [9.17, 15) is 9.59 Å². The van der Waals surface area contributed by atoms with Crippen LogP contribution in [0.5, 0.6) is 0 Å². The van der Waals surface area contributed by atoms with Crippen LogP contribution in [0.4, 0.5) is 0 Å². The maximum absolute atomic E-state index is 13.1. The highest BCUT2D eigenvalue weighted by molar-refractivity contribution is 7.99. The minimum Gasteiger partial charge on any atom is -0.352 e. The Morgan fingerprint density at radius 3 is 2.70 bits per heavy atom. The lowest BCUT2D eigenvalue weighted by Crippen LogP contribution is -2.26. The number of hydrogen-bond acceptors (Lipinski definition) is 5. The average molecular weight is 376 g/mol. The van der Waals surface area contributed by atoms with Crippen molar-refractivity contribution in [1.82, 2.24) is 14.9 Å². The van der Waals surface area contributed by atoms with Gasteiger partial charge in [0.05, 0.1) is 34.0 Å². The molecule has 1 heterocycles. The minimum absolute atomic E-state index is 0.120. The summed E-state index contributed by atoms with van der Waals surface area (Å²) in [4.78, 5) is 29.5. The lowest BCUT2D eigenvalue weighted by Gasteiger charge is -2.13. The topological polar surface area (TPSA) is 87.8 Å². The number of nitrogens with one attached hydrogen (secondary N) is 1. The van der Waals surface area contributed by atoms with Gasteiger partial charge in [0, 0.05) is 6.54 Å². The number of nitriles is 1. The summed E-state index contributed by atoms with van der Waals surface area (Å²) in [5.41, 5.74) is 1.44. The van der Waals surface area contributed by atoms with Crippen LogP contribution in [-0.2, 0) is 4.79 Å². The normalized spacial score (nSPS) is 10.3. The molecule has 0 aliphatic heterocycles. The molecule has 0 bridgehead atoms. The van der Waals surface area contributed by atoms with Gasteiger partial charge in [-0.3, -0.25) is 14.2 Å². The van der Waals surface area contributed by atoms with Gasteiger partial charge in [-0.05, 0) is 36.4 Å².